The Hall–Kier alpha value is -3.17. The Morgan fingerprint density at radius 3 is 2.55 bits per heavy atom. The molecule has 1 aliphatic carbocycles. The van der Waals surface area contributed by atoms with Crippen molar-refractivity contribution in [3.63, 3.8) is 0 Å². The van der Waals surface area contributed by atoms with Crippen LogP contribution in [0.15, 0.2) is 58.8 Å². The molecule has 0 radical (unpaired) electrons. The first kappa shape index (κ1) is 23.0. The Morgan fingerprint density at radius 2 is 1.82 bits per heavy atom. The molecule has 170 valence electrons. The molecule has 2 amide bonds. The lowest BCUT2D eigenvalue weighted by atomic mass is 10.1. The summed E-state index contributed by atoms with van der Waals surface area (Å²) in [6.07, 6.45) is 1.94. The normalized spacial score (nSPS) is 12.8. The second-order valence-corrected chi connectivity index (χ2v) is 9.64. The average molecular weight is 482 g/mol. The highest BCUT2D eigenvalue weighted by atomic mass is 32.2. The number of carbonyl (C=O) groups excluding carboxylic acids is 3. The first-order valence-corrected chi connectivity index (χ1v) is 12.4. The number of anilines is 1. The molecule has 0 bridgehead atoms. The van der Waals surface area contributed by atoms with E-state index in [1.165, 1.54) is 11.8 Å². The standard InChI is InChI=1S/C24H23N3O4S2/c1-15-25-17(13-32-15)14-33-21-9-5-3-7-19(21)24(30)31-12-22(28)27-20-8-4-2-6-18(20)23(29)26-16-10-11-16/h2-9,13,16H,10-12,14H2,1H3,(H,26,29)(H,27,28). The van der Waals surface area contributed by atoms with Crippen LogP contribution in [0.4, 0.5) is 5.69 Å². The summed E-state index contributed by atoms with van der Waals surface area (Å²) in [4.78, 5) is 42.7. The van der Waals surface area contributed by atoms with Gasteiger partial charge in [0.15, 0.2) is 6.61 Å². The molecule has 1 saturated carbocycles. The number of nitrogens with one attached hydrogen (secondary N) is 2. The molecule has 2 N–H and O–H groups in total. The van der Waals surface area contributed by atoms with Crippen molar-refractivity contribution >= 4 is 46.6 Å². The predicted molar refractivity (Wildman–Crippen MR) is 129 cm³/mol. The number of amides is 2. The number of esters is 1. The Bertz CT molecular complexity index is 1170. The highest BCUT2D eigenvalue weighted by Gasteiger charge is 2.25. The van der Waals surface area contributed by atoms with Gasteiger partial charge in [0.1, 0.15) is 0 Å². The summed E-state index contributed by atoms with van der Waals surface area (Å²) in [5.41, 5.74) is 2.11. The van der Waals surface area contributed by atoms with Crippen LogP contribution in [-0.4, -0.2) is 35.4 Å². The summed E-state index contributed by atoms with van der Waals surface area (Å²) in [5.74, 6) is -0.693. The molecule has 0 spiro atoms. The van der Waals surface area contributed by atoms with Gasteiger partial charge >= 0.3 is 5.97 Å². The molecular formula is C24H23N3O4S2. The summed E-state index contributed by atoms with van der Waals surface area (Å²) in [6, 6.07) is 14.1. The largest absolute Gasteiger partial charge is 0.452 e. The number of para-hydroxylation sites is 1. The number of benzene rings is 2. The summed E-state index contributed by atoms with van der Waals surface area (Å²) in [5, 5.41) is 8.56. The Labute approximate surface area is 200 Å². The fourth-order valence-electron chi connectivity index (χ4n) is 3.06. The van der Waals surface area contributed by atoms with E-state index in [0.717, 1.165) is 28.4 Å². The van der Waals surface area contributed by atoms with Crippen molar-refractivity contribution in [3.05, 3.63) is 75.7 Å². The molecule has 3 aromatic rings. The quantitative estimate of drug-likeness (QED) is 0.347. The molecule has 0 atom stereocenters. The maximum Gasteiger partial charge on any atom is 0.339 e. The van der Waals surface area contributed by atoms with Crippen LogP contribution in [0.5, 0.6) is 0 Å². The number of hydrogen-bond acceptors (Lipinski definition) is 7. The van der Waals surface area contributed by atoms with Crippen LogP contribution in [0.25, 0.3) is 0 Å². The van der Waals surface area contributed by atoms with E-state index in [0.29, 0.717) is 22.6 Å². The predicted octanol–water partition coefficient (Wildman–Crippen LogP) is 4.43. The minimum atomic E-state index is -0.581. The zero-order valence-corrected chi connectivity index (χ0v) is 19.6. The molecule has 2 aromatic carbocycles. The summed E-state index contributed by atoms with van der Waals surface area (Å²) in [6.45, 7) is 1.49. The van der Waals surface area contributed by atoms with Gasteiger partial charge < -0.3 is 15.4 Å². The first-order valence-electron chi connectivity index (χ1n) is 10.5. The van der Waals surface area contributed by atoms with Gasteiger partial charge in [0.2, 0.25) is 0 Å². The molecule has 0 unspecified atom stereocenters. The molecule has 0 aliphatic heterocycles. The van der Waals surface area contributed by atoms with Crippen LogP contribution >= 0.6 is 23.1 Å². The lowest BCUT2D eigenvalue weighted by Crippen LogP contribution is -2.28. The van der Waals surface area contributed by atoms with Gasteiger partial charge in [0.25, 0.3) is 11.8 Å². The van der Waals surface area contributed by atoms with Gasteiger partial charge in [-0.05, 0) is 44.0 Å². The lowest BCUT2D eigenvalue weighted by Gasteiger charge is -2.12. The molecular weight excluding hydrogens is 458 g/mol. The minimum absolute atomic E-state index is 0.208. The van der Waals surface area contributed by atoms with Gasteiger partial charge in [0.05, 0.1) is 27.5 Å². The second kappa shape index (κ2) is 10.6. The van der Waals surface area contributed by atoms with E-state index in [1.54, 1.807) is 47.7 Å². The van der Waals surface area contributed by atoms with E-state index in [2.05, 4.69) is 15.6 Å². The number of ether oxygens (including phenoxy) is 1. The number of aryl methyl sites for hydroxylation is 1. The van der Waals surface area contributed by atoms with Crippen LogP contribution in [0.3, 0.4) is 0 Å². The average Bonchev–Trinajstić information content (AvgIpc) is 3.54. The van der Waals surface area contributed by atoms with Gasteiger partial charge in [-0.25, -0.2) is 9.78 Å². The summed E-state index contributed by atoms with van der Waals surface area (Å²) >= 11 is 3.08. The van der Waals surface area contributed by atoms with Crippen LogP contribution < -0.4 is 10.6 Å². The number of nitrogens with zero attached hydrogens (tertiary/aromatic N) is 1. The highest BCUT2D eigenvalue weighted by molar-refractivity contribution is 7.98. The smallest absolute Gasteiger partial charge is 0.339 e. The van der Waals surface area contributed by atoms with Crippen molar-refractivity contribution in [2.75, 3.05) is 11.9 Å². The summed E-state index contributed by atoms with van der Waals surface area (Å²) in [7, 11) is 0. The minimum Gasteiger partial charge on any atom is -0.452 e. The number of thiazole rings is 1. The zero-order valence-electron chi connectivity index (χ0n) is 18.0. The van der Waals surface area contributed by atoms with Crippen molar-refractivity contribution in [3.8, 4) is 0 Å². The third-order valence-corrected chi connectivity index (χ3v) is 6.77. The van der Waals surface area contributed by atoms with Crippen molar-refractivity contribution < 1.29 is 19.1 Å². The number of thioether (sulfide) groups is 1. The Kier molecular flexibility index (Phi) is 7.41. The monoisotopic (exact) mass is 481 g/mol. The maximum absolute atomic E-state index is 12.6. The molecule has 7 nitrogen and oxygen atoms in total. The lowest BCUT2D eigenvalue weighted by molar-refractivity contribution is -0.119. The van der Waals surface area contributed by atoms with E-state index >= 15 is 0 Å². The maximum atomic E-state index is 12.6. The van der Waals surface area contributed by atoms with E-state index in [-0.39, 0.29) is 11.9 Å². The zero-order chi connectivity index (χ0) is 23.2. The first-order chi connectivity index (χ1) is 16.0. The molecule has 0 saturated heterocycles. The van der Waals surface area contributed by atoms with Gasteiger partial charge in [0, 0.05) is 22.1 Å². The van der Waals surface area contributed by atoms with Gasteiger partial charge in [-0.1, -0.05) is 24.3 Å². The molecule has 4 rings (SSSR count). The Morgan fingerprint density at radius 1 is 1.09 bits per heavy atom. The highest BCUT2D eigenvalue weighted by Crippen LogP contribution is 2.27. The van der Waals surface area contributed by atoms with E-state index < -0.39 is 18.5 Å². The van der Waals surface area contributed by atoms with E-state index in [4.69, 9.17) is 4.74 Å². The molecule has 1 heterocycles. The number of aromatic nitrogens is 1. The van der Waals surface area contributed by atoms with Gasteiger partial charge in [-0.3, -0.25) is 9.59 Å². The number of carbonyl (C=O) groups is 3. The Balaban J connectivity index is 1.34. The van der Waals surface area contributed by atoms with Crippen molar-refractivity contribution in [1.29, 1.82) is 0 Å². The fraction of sp³-hybridized carbons (Fsp3) is 0.250. The van der Waals surface area contributed by atoms with Crippen molar-refractivity contribution in [1.82, 2.24) is 10.3 Å². The van der Waals surface area contributed by atoms with E-state index in [1.807, 2.05) is 24.4 Å². The second-order valence-electron chi connectivity index (χ2n) is 7.56. The molecule has 1 aromatic heterocycles. The van der Waals surface area contributed by atoms with Crippen molar-refractivity contribution in [2.24, 2.45) is 0 Å². The SMILES string of the molecule is Cc1nc(CSc2ccccc2C(=O)OCC(=O)Nc2ccccc2C(=O)NC2CC2)cs1. The van der Waals surface area contributed by atoms with Gasteiger partial charge in [-0.2, -0.15) is 0 Å². The van der Waals surface area contributed by atoms with Crippen molar-refractivity contribution in [2.45, 2.75) is 36.5 Å². The topological polar surface area (TPSA) is 97.4 Å². The number of rotatable bonds is 9. The summed E-state index contributed by atoms with van der Waals surface area (Å²) < 4.78 is 5.26. The van der Waals surface area contributed by atoms with Crippen LogP contribution in [-0.2, 0) is 15.3 Å². The number of hydrogen-bond donors (Lipinski definition) is 2. The van der Waals surface area contributed by atoms with Crippen LogP contribution in [0.2, 0.25) is 0 Å². The molecule has 1 aliphatic rings. The van der Waals surface area contributed by atoms with E-state index in [9.17, 15) is 14.4 Å². The fourth-order valence-corrected chi connectivity index (χ4v) is 4.71. The molecule has 1 fully saturated rings. The molecule has 9 heteroatoms. The molecule has 33 heavy (non-hydrogen) atoms. The van der Waals surface area contributed by atoms with Crippen LogP contribution in [0, 0.1) is 6.92 Å². The third-order valence-electron chi connectivity index (χ3n) is 4.84. The third kappa shape index (κ3) is 6.43. The van der Waals surface area contributed by atoms with Crippen LogP contribution in [0.1, 0.15) is 44.3 Å². The van der Waals surface area contributed by atoms with Gasteiger partial charge in [-0.15, -0.1) is 23.1 Å².